The van der Waals surface area contributed by atoms with Gasteiger partial charge in [0, 0.05) is 45.7 Å². The predicted octanol–water partition coefficient (Wildman–Crippen LogP) is 5.61. The monoisotopic (exact) mass is 938 g/mol. The maximum absolute atomic E-state index is 14.4. The second-order valence-electron chi connectivity index (χ2n) is 18.2. The highest BCUT2D eigenvalue weighted by Crippen LogP contribution is 2.32. The SMILES string of the molecule is C[C@H](NC(=O)[C@H](C)N(C)C(=O)OC(C)(C)C)C(=O)N1CCC[C@H]1C(=O)N[C@H](C(=O)NCCCCCCNC(=O)c1cccc2sc(N3CCOCC3)nc12)C(c1ccccc1)c1ccccc1. The van der Waals surface area contributed by atoms with Crippen LogP contribution in [0.4, 0.5) is 9.93 Å². The summed E-state index contributed by atoms with van der Waals surface area (Å²) in [6.07, 6.45) is 3.35. The summed E-state index contributed by atoms with van der Waals surface area (Å²) in [5, 5.41) is 12.8. The maximum Gasteiger partial charge on any atom is 0.410 e. The Balaban J connectivity index is 1.04. The number of amides is 6. The van der Waals surface area contributed by atoms with Gasteiger partial charge < -0.3 is 40.5 Å². The van der Waals surface area contributed by atoms with Crippen molar-refractivity contribution in [1.29, 1.82) is 0 Å². The van der Waals surface area contributed by atoms with E-state index in [9.17, 15) is 28.8 Å². The Kier molecular flexibility index (Phi) is 17.7. The summed E-state index contributed by atoms with van der Waals surface area (Å²) in [5.74, 6) is -2.53. The highest BCUT2D eigenvalue weighted by molar-refractivity contribution is 7.22. The molecule has 67 heavy (non-hydrogen) atoms. The van der Waals surface area contributed by atoms with Crippen LogP contribution in [0.5, 0.6) is 0 Å². The fourth-order valence-electron chi connectivity index (χ4n) is 8.30. The van der Waals surface area contributed by atoms with Crippen molar-refractivity contribution in [3.63, 3.8) is 0 Å². The summed E-state index contributed by atoms with van der Waals surface area (Å²) in [7, 11) is 1.45. The molecule has 0 saturated carbocycles. The van der Waals surface area contributed by atoms with Crippen molar-refractivity contribution in [1.82, 2.24) is 36.1 Å². The number of likely N-dealkylation sites (tertiary alicyclic amines) is 1. The summed E-state index contributed by atoms with van der Waals surface area (Å²) >= 11 is 1.58. The molecule has 0 radical (unpaired) electrons. The number of rotatable bonds is 19. The first-order chi connectivity index (χ1) is 32.1. The topological polar surface area (TPSA) is 192 Å². The van der Waals surface area contributed by atoms with Gasteiger partial charge in [0.2, 0.25) is 23.6 Å². The molecule has 0 unspecified atom stereocenters. The minimum absolute atomic E-state index is 0.155. The lowest BCUT2D eigenvalue weighted by Gasteiger charge is -2.32. The molecule has 2 aliphatic rings. The van der Waals surface area contributed by atoms with Crippen LogP contribution in [0.25, 0.3) is 10.2 Å². The summed E-state index contributed by atoms with van der Waals surface area (Å²) in [6, 6.07) is 20.9. The number of carbonyl (C=O) groups excluding carboxylic acids is 6. The smallest absolute Gasteiger partial charge is 0.410 e. The fraction of sp³-hybridized carbons (Fsp3) is 0.500. The van der Waals surface area contributed by atoms with Crippen molar-refractivity contribution in [3.8, 4) is 0 Å². The number of benzene rings is 3. The summed E-state index contributed by atoms with van der Waals surface area (Å²) in [4.78, 5) is 91.3. The molecule has 0 aliphatic carbocycles. The number of carbonyl (C=O) groups is 6. The molecule has 0 spiro atoms. The number of ether oxygens (including phenoxy) is 2. The number of thiazole rings is 1. The third-order valence-corrected chi connectivity index (χ3v) is 13.1. The Labute approximate surface area is 397 Å². The largest absolute Gasteiger partial charge is 0.444 e. The van der Waals surface area contributed by atoms with E-state index in [2.05, 4.69) is 26.2 Å². The molecule has 4 aromatic rings. The second-order valence-corrected chi connectivity index (χ2v) is 19.2. The Hall–Kier alpha value is -6.07. The van der Waals surface area contributed by atoms with Crippen LogP contribution in [0.1, 0.15) is 101 Å². The zero-order valence-corrected chi connectivity index (χ0v) is 40.4. The predicted molar refractivity (Wildman–Crippen MR) is 259 cm³/mol. The molecule has 360 valence electrons. The van der Waals surface area contributed by atoms with Crippen LogP contribution in [0.2, 0.25) is 0 Å². The van der Waals surface area contributed by atoms with Crippen molar-refractivity contribution in [3.05, 3.63) is 95.6 Å². The molecule has 2 saturated heterocycles. The van der Waals surface area contributed by atoms with E-state index in [4.69, 9.17) is 14.5 Å². The van der Waals surface area contributed by atoms with Crippen LogP contribution in [-0.4, -0.2) is 133 Å². The van der Waals surface area contributed by atoms with E-state index < -0.39 is 59.5 Å². The minimum atomic E-state index is -1.03. The van der Waals surface area contributed by atoms with Crippen LogP contribution in [0, 0.1) is 0 Å². The first-order valence-electron chi connectivity index (χ1n) is 23.4. The molecule has 6 amide bonds. The molecule has 1 aromatic heterocycles. The standard InChI is InChI=1S/C50H66N8O8S/c1-33(53-43(59)34(2)56(6)49(64)66-50(3,4)5)47(63)58-28-18-24-38(58)45(61)54-42(40(35-19-11-9-12-20-35)36-21-13-10-14-22-36)46(62)52-27-16-8-7-15-26-51-44(60)37-23-17-25-39-41(37)55-48(67-39)57-29-31-65-32-30-57/h9-14,17,19-23,25,33-34,38,40,42H,7-8,15-16,18,24,26-32H2,1-6H3,(H,51,60)(H,52,62)(H,53,59)(H,54,61)/t33-,34-,38-,42-/m0/s1. The van der Waals surface area contributed by atoms with E-state index in [1.165, 1.54) is 16.8 Å². The van der Waals surface area contributed by atoms with Crippen molar-refractivity contribution in [2.24, 2.45) is 0 Å². The molecule has 16 nitrogen and oxygen atoms in total. The van der Waals surface area contributed by atoms with E-state index >= 15 is 0 Å². The molecule has 17 heteroatoms. The van der Waals surface area contributed by atoms with E-state index in [0.29, 0.717) is 63.2 Å². The third-order valence-electron chi connectivity index (χ3n) is 12.1. The van der Waals surface area contributed by atoms with Gasteiger partial charge in [0.15, 0.2) is 5.13 Å². The van der Waals surface area contributed by atoms with Crippen LogP contribution in [0.15, 0.2) is 78.9 Å². The highest BCUT2D eigenvalue weighted by atomic mass is 32.1. The van der Waals surface area contributed by atoms with Crippen molar-refractivity contribution in [2.75, 3.05) is 57.9 Å². The molecule has 2 aliphatic heterocycles. The molecule has 3 heterocycles. The first-order valence-corrected chi connectivity index (χ1v) is 24.2. The van der Waals surface area contributed by atoms with E-state index in [1.54, 1.807) is 46.0 Å². The number of likely N-dealkylation sites (N-methyl/N-ethyl adjacent to an activating group) is 1. The Morgan fingerprint density at radius 3 is 2.06 bits per heavy atom. The first kappa shape index (κ1) is 50.3. The fourth-order valence-corrected chi connectivity index (χ4v) is 9.34. The van der Waals surface area contributed by atoms with Gasteiger partial charge in [-0.05, 0) is 83.6 Å². The van der Waals surface area contributed by atoms with Gasteiger partial charge in [0.05, 0.1) is 29.0 Å². The van der Waals surface area contributed by atoms with E-state index in [0.717, 1.165) is 53.3 Å². The minimum Gasteiger partial charge on any atom is -0.444 e. The number of aromatic nitrogens is 1. The van der Waals surface area contributed by atoms with Crippen LogP contribution >= 0.6 is 11.3 Å². The molecule has 4 atom stereocenters. The number of hydrogen-bond donors (Lipinski definition) is 4. The highest BCUT2D eigenvalue weighted by Gasteiger charge is 2.40. The number of hydrogen-bond acceptors (Lipinski definition) is 11. The average molecular weight is 939 g/mol. The van der Waals surface area contributed by atoms with E-state index in [1.807, 2.05) is 78.9 Å². The van der Waals surface area contributed by atoms with Gasteiger partial charge in [-0.1, -0.05) is 90.9 Å². The van der Waals surface area contributed by atoms with Crippen molar-refractivity contribution >= 4 is 62.3 Å². The Morgan fingerprint density at radius 1 is 0.806 bits per heavy atom. The second kappa shape index (κ2) is 23.6. The molecule has 0 bridgehead atoms. The Morgan fingerprint density at radius 2 is 1.43 bits per heavy atom. The number of unbranched alkanes of at least 4 members (excludes halogenated alkanes) is 3. The number of fused-ring (bicyclic) bond motifs is 1. The van der Waals surface area contributed by atoms with Crippen LogP contribution < -0.4 is 26.2 Å². The Bertz CT molecular complexity index is 2280. The van der Waals surface area contributed by atoms with Gasteiger partial charge in [-0.3, -0.25) is 28.9 Å². The third kappa shape index (κ3) is 13.5. The van der Waals surface area contributed by atoms with Crippen molar-refractivity contribution < 1.29 is 38.2 Å². The average Bonchev–Trinajstić information content (AvgIpc) is 4.00. The van der Waals surface area contributed by atoms with Crippen molar-refractivity contribution in [2.45, 2.75) is 109 Å². The summed E-state index contributed by atoms with van der Waals surface area (Å²) in [6.45, 7) is 12.3. The van der Waals surface area contributed by atoms with Crippen LogP contribution in [0.3, 0.4) is 0 Å². The molecular formula is C50H66N8O8S. The number of para-hydroxylation sites is 1. The number of morpholine rings is 1. The van der Waals surface area contributed by atoms with Crippen LogP contribution in [-0.2, 0) is 28.7 Å². The lowest BCUT2D eigenvalue weighted by Crippen LogP contribution is -2.58. The van der Waals surface area contributed by atoms with Gasteiger partial charge in [0.1, 0.15) is 29.8 Å². The molecule has 4 N–H and O–H groups in total. The molecular weight excluding hydrogens is 873 g/mol. The van der Waals surface area contributed by atoms with Gasteiger partial charge in [0.25, 0.3) is 5.91 Å². The summed E-state index contributed by atoms with van der Waals surface area (Å²) < 4.78 is 11.8. The van der Waals surface area contributed by atoms with E-state index in [-0.39, 0.29) is 11.8 Å². The van der Waals surface area contributed by atoms with Gasteiger partial charge >= 0.3 is 6.09 Å². The molecule has 3 aromatic carbocycles. The molecule has 2 fully saturated rings. The molecule has 6 rings (SSSR count). The zero-order valence-electron chi connectivity index (χ0n) is 39.5. The number of nitrogens with one attached hydrogen (secondary N) is 4. The maximum atomic E-state index is 14.4. The van der Waals surface area contributed by atoms with Gasteiger partial charge in [-0.25, -0.2) is 9.78 Å². The summed E-state index contributed by atoms with van der Waals surface area (Å²) in [5.41, 5.74) is 2.18. The normalized spacial score (nSPS) is 16.5. The quantitative estimate of drug-likeness (QED) is 0.0861. The van der Waals surface area contributed by atoms with Gasteiger partial charge in [-0.2, -0.15) is 0 Å². The number of nitrogens with zero attached hydrogens (tertiary/aromatic N) is 4. The number of anilines is 1. The lowest BCUT2D eigenvalue weighted by molar-refractivity contribution is -0.142. The zero-order chi connectivity index (χ0) is 48.1. The lowest BCUT2D eigenvalue weighted by atomic mass is 9.84. The van der Waals surface area contributed by atoms with Gasteiger partial charge in [-0.15, -0.1) is 0 Å².